The number of ether oxygens (including phenoxy) is 2. The molecule has 1 aliphatic heterocycles. The number of nitrogens with one attached hydrogen (secondary N) is 3. The first kappa shape index (κ1) is 32.4. The van der Waals surface area contributed by atoms with Crippen molar-refractivity contribution < 1.29 is 40.7 Å². The average molecular weight is 660 g/mol. The molecule has 0 radical (unpaired) electrons. The van der Waals surface area contributed by atoms with Gasteiger partial charge in [0, 0.05) is 17.6 Å². The van der Waals surface area contributed by atoms with E-state index in [-0.39, 0.29) is 28.8 Å². The van der Waals surface area contributed by atoms with E-state index in [9.17, 15) is 31.2 Å². The van der Waals surface area contributed by atoms with Crippen molar-refractivity contribution >= 4 is 50.8 Å². The Hall–Kier alpha value is -3.52. The van der Waals surface area contributed by atoms with E-state index in [1.54, 1.807) is 6.07 Å². The molecule has 3 aromatic carbocycles. The second kappa shape index (κ2) is 13.8. The zero-order valence-corrected chi connectivity index (χ0v) is 24.7. The molecule has 15 heteroatoms. The molecule has 1 amide bonds. The van der Waals surface area contributed by atoms with Gasteiger partial charge >= 0.3 is 12.1 Å². The summed E-state index contributed by atoms with van der Waals surface area (Å²) in [7, 11) is -4.51. The lowest BCUT2D eigenvalue weighted by Crippen LogP contribution is -2.32. The van der Waals surface area contributed by atoms with Crippen molar-refractivity contribution in [1.29, 1.82) is 0 Å². The molecule has 1 saturated heterocycles. The maximum Gasteiger partial charge on any atom is 0.491 e. The van der Waals surface area contributed by atoms with Crippen LogP contribution in [0.15, 0.2) is 65.6 Å². The van der Waals surface area contributed by atoms with Crippen LogP contribution in [0.4, 0.5) is 18.9 Å². The number of amides is 1. The molecule has 0 aromatic heterocycles. The molecule has 1 aliphatic rings. The van der Waals surface area contributed by atoms with Crippen LogP contribution in [0, 0.1) is 5.92 Å². The minimum atomic E-state index is -5.39. The van der Waals surface area contributed by atoms with Gasteiger partial charge in [0.1, 0.15) is 11.5 Å². The minimum Gasteiger partial charge on any atom is -0.454 e. The summed E-state index contributed by atoms with van der Waals surface area (Å²) in [6.45, 7) is 1.93. The molecule has 43 heavy (non-hydrogen) atoms. The second-order valence-electron chi connectivity index (χ2n) is 9.56. The van der Waals surface area contributed by atoms with Crippen LogP contribution in [-0.4, -0.2) is 46.1 Å². The Balaban J connectivity index is 1.58. The molecule has 0 saturated carbocycles. The van der Waals surface area contributed by atoms with Crippen molar-refractivity contribution in [2.24, 2.45) is 5.92 Å². The van der Waals surface area contributed by atoms with Crippen molar-refractivity contribution in [2.75, 3.05) is 24.4 Å². The van der Waals surface area contributed by atoms with E-state index in [1.807, 2.05) is 0 Å². The number of para-hydroxylation sites is 2. The zero-order valence-electron chi connectivity index (χ0n) is 22.3. The van der Waals surface area contributed by atoms with Gasteiger partial charge in [-0.15, -0.1) is 0 Å². The van der Waals surface area contributed by atoms with E-state index < -0.39 is 44.3 Å². The van der Waals surface area contributed by atoms with E-state index in [0.717, 1.165) is 38.1 Å². The molecule has 0 unspecified atom stereocenters. The van der Waals surface area contributed by atoms with Gasteiger partial charge in [-0.25, -0.2) is 13.2 Å². The van der Waals surface area contributed by atoms with E-state index in [1.165, 1.54) is 36.4 Å². The maximum atomic E-state index is 13.3. The van der Waals surface area contributed by atoms with Crippen LogP contribution in [0.25, 0.3) is 0 Å². The zero-order chi connectivity index (χ0) is 31.2. The van der Waals surface area contributed by atoms with Crippen molar-refractivity contribution in [2.45, 2.75) is 30.3 Å². The second-order valence-corrected chi connectivity index (χ2v) is 12.1. The average Bonchev–Trinajstić information content (AvgIpc) is 2.95. The van der Waals surface area contributed by atoms with Crippen LogP contribution in [-0.2, 0) is 14.8 Å². The Kier molecular flexibility index (Phi) is 10.4. The Morgan fingerprint density at radius 3 is 2.37 bits per heavy atom. The molecule has 230 valence electrons. The number of halogens is 5. The highest BCUT2D eigenvalue weighted by Gasteiger charge is 2.42. The summed E-state index contributed by atoms with van der Waals surface area (Å²) in [6.07, 6.45) is -2.91. The highest BCUT2D eigenvalue weighted by Crippen LogP contribution is 2.36. The van der Waals surface area contributed by atoms with Crippen LogP contribution < -0.4 is 24.8 Å². The SMILES string of the molecule is O=C(NCCC1CCNCC1)c1ccc(S(=O)(=O)Nc2ccccc2Oc2ccc(Cl)cc2Cl)cc1OC(=O)C(F)(F)F. The normalized spacial score (nSPS) is 14.2. The number of piperidine rings is 1. The van der Waals surface area contributed by atoms with Gasteiger partial charge < -0.3 is 20.1 Å². The third-order valence-electron chi connectivity index (χ3n) is 6.48. The summed E-state index contributed by atoms with van der Waals surface area (Å²) in [5, 5.41) is 6.34. The Labute approximate surface area is 255 Å². The predicted octanol–water partition coefficient (Wildman–Crippen LogP) is 6.17. The molecule has 9 nitrogen and oxygen atoms in total. The molecule has 1 fully saturated rings. The summed E-state index contributed by atoms with van der Waals surface area (Å²) in [4.78, 5) is 23.9. The topological polar surface area (TPSA) is 123 Å². The van der Waals surface area contributed by atoms with Crippen molar-refractivity contribution in [3.05, 3.63) is 76.3 Å². The number of hydrogen-bond acceptors (Lipinski definition) is 7. The molecule has 0 aliphatic carbocycles. The molecule has 0 atom stereocenters. The number of alkyl halides is 3. The smallest absolute Gasteiger partial charge is 0.454 e. The lowest BCUT2D eigenvalue weighted by Gasteiger charge is -2.22. The number of hydrogen-bond donors (Lipinski definition) is 3. The molecular formula is C28H26Cl2F3N3O6S. The fourth-order valence-electron chi connectivity index (χ4n) is 4.28. The van der Waals surface area contributed by atoms with Gasteiger partial charge in [-0.05, 0) is 80.7 Å². The number of carbonyl (C=O) groups is 2. The first-order chi connectivity index (χ1) is 20.3. The lowest BCUT2D eigenvalue weighted by atomic mass is 9.95. The first-order valence-corrected chi connectivity index (χ1v) is 15.2. The van der Waals surface area contributed by atoms with Gasteiger partial charge in [0.25, 0.3) is 15.9 Å². The molecule has 3 aromatic rings. The van der Waals surface area contributed by atoms with Crippen LogP contribution in [0.2, 0.25) is 10.0 Å². The number of carbonyl (C=O) groups excluding carboxylic acids is 2. The van der Waals surface area contributed by atoms with E-state index in [4.69, 9.17) is 27.9 Å². The van der Waals surface area contributed by atoms with Gasteiger partial charge in [-0.1, -0.05) is 35.3 Å². The summed E-state index contributed by atoms with van der Waals surface area (Å²) < 4.78 is 78.2. The van der Waals surface area contributed by atoms with Crippen LogP contribution in [0.5, 0.6) is 17.2 Å². The summed E-state index contributed by atoms with van der Waals surface area (Å²) in [6, 6.07) is 13.0. The van der Waals surface area contributed by atoms with Gasteiger partial charge in [0.05, 0.1) is 21.2 Å². The quantitative estimate of drug-likeness (QED) is 0.176. The molecular weight excluding hydrogens is 634 g/mol. The lowest BCUT2D eigenvalue weighted by molar-refractivity contribution is -0.189. The van der Waals surface area contributed by atoms with Gasteiger partial charge in [0.15, 0.2) is 5.75 Å². The summed E-state index contributed by atoms with van der Waals surface area (Å²) in [5.41, 5.74) is -0.481. The molecule has 0 spiro atoms. The predicted molar refractivity (Wildman–Crippen MR) is 154 cm³/mol. The van der Waals surface area contributed by atoms with Crippen molar-refractivity contribution in [3.63, 3.8) is 0 Å². The van der Waals surface area contributed by atoms with Crippen LogP contribution in [0.3, 0.4) is 0 Å². The Morgan fingerprint density at radius 1 is 0.953 bits per heavy atom. The monoisotopic (exact) mass is 659 g/mol. The fraction of sp³-hybridized carbons (Fsp3) is 0.286. The summed E-state index contributed by atoms with van der Waals surface area (Å²) >= 11 is 12.1. The van der Waals surface area contributed by atoms with Crippen LogP contribution in [0.1, 0.15) is 29.6 Å². The molecule has 4 rings (SSSR count). The summed E-state index contributed by atoms with van der Waals surface area (Å²) in [5.74, 6) is -3.72. The third kappa shape index (κ3) is 8.75. The van der Waals surface area contributed by atoms with E-state index in [2.05, 4.69) is 20.1 Å². The number of esters is 1. The fourth-order valence-corrected chi connectivity index (χ4v) is 5.81. The van der Waals surface area contributed by atoms with Gasteiger partial charge in [-0.3, -0.25) is 9.52 Å². The largest absolute Gasteiger partial charge is 0.491 e. The van der Waals surface area contributed by atoms with E-state index in [0.29, 0.717) is 23.4 Å². The minimum absolute atomic E-state index is 0.0397. The molecule has 0 bridgehead atoms. The van der Waals surface area contributed by atoms with Crippen LogP contribution >= 0.6 is 23.2 Å². The van der Waals surface area contributed by atoms with Gasteiger partial charge in [-0.2, -0.15) is 13.2 Å². The standard InChI is InChI=1S/C28H26Cl2F3N3O6S/c29-18-5-8-23(21(30)15-18)41-24-4-2-1-3-22(24)36-43(39,40)19-6-7-20(25(16-19)42-27(38)28(31,32)33)26(37)35-14-11-17-9-12-34-13-10-17/h1-8,15-17,34,36H,9-14H2,(H,35,37). The Bertz CT molecular complexity index is 1600. The Morgan fingerprint density at radius 2 is 1.67 bits per heavy atom. The number of anilines is 1. The van der Waals surface area contributed by atoms with Gasteiger partial charge in [0.2, 0.25) is 0 Å². The number of sulfonamides is 1. The van der Waals surface area contributed by atoms with Crippen molar-refractivity contribution in [1.82, 2.24) is 10.6 Å². The number of benzene rings is 3. The van der Waals surface area contributed by atoms with Crippen molar-refractivity contribution in [3.8, 4) is 17.2 Å². The maximum absolute atomic E-state index is 13.3. The highest BCUT2D eigenvalue weighted by atomic mass is 35.5. The molecule has 3 N–H and O–H groups in total. The first-order valence-electron chi connectivity index (χ1n) is 13.0. The van der Waals surface area contributed by atoms with E-state index >= 15 is 0 Å². The number of rotatable bonds is 10. The molecule has 1 heterocycles. The highest BCUT2D eigenvalue weighted by molar-refractivity contribution is 7.92. The third-order valence-corrected chi connectivity index (χ3v) is 8.38.